The maximum absolute atomic E-state index is 6.11. The molecular formula is C16H33N3. The molecule has 0 aromatic carbocycles. The average Bonchev–Trinajstić information content (AvgIpc) is 2.84. The lowest BCUT2D eigenvalue weighted by molar-refractivity contribution is 0.128. The minimum Gasteiger partial charge on any atom is -0.329 e. The molecular weight excluding hydrogens is 234 g/mol. The van der Waals surface area contributed by atoms with Crippen LogP contribution in [0.2, 0.25) is 0 Å². The molecule has 1 saturated carbocycles. The van der Waals surface area contributed by atoms with Crippen molar-refractivity contribution < 1.29 is 0 Å². The topological polar surface area (TPSA) is 32.5 Å². The van der Waals surface area contributed by atoms with Crippen molar-refractivity contribution in [2.24, 2.45) is 11.7 Å². The molecule has 2 atom stereocenters. The molecule has 1 saturated heterocycles. The van der Waals surface area contributed by atoms with Crippen molar-refractivity contribution in [1.82, 2.24) is 9.80 Å². The molecule has 2 rings (SSSR count). The van der Waals surface area contributed by atoms with Crippen LogP contribution in [-0.2, 0) is 0 Å². The summed E-state index contributed by atoms with van der Waals surface area (Å²) in [5.41, 5.74) is 6.11. The minimum atomic E-state index is 0.635. The van der Waals surface area contributed by atoms with Crippen molar-refractivity contribution in [1.29, 1.82) is 0 Å². The summed E-state index contributed by atoms with van der Waals surface area (Å²) in [6.07, 6.45) is 11.3. The second kappa shape index (κ2) is 7.61. The van der Waals surface area contributed by atoms with E-state index in [1.165, 1.54) is 64.5 Å². The maximum Gasteiger partial charge on any atom is 0.0226 e. The number of rotatable bonds is 6. The zero-order valence-corrected chi connectivity index (χ0v) is 13.0. The molecule has 0 radical (unpaired) electrons. The molecule has 0 bridgehead atoms. The first kappa shape index (κ1) is 15.3. The summed E-state index contributed by atoms with van der Waals surface area (Å²) in [6, 6.07) is 1.38. The van der Waals surface area contributed by atoms with E-state index >= 15 is 0 Å². The third-order valence-electron chi connectivity index (χ3n) is 5.07. The van der Waals surface area contributed by atoms with Gasteiger partial charge in [0, 0.05) is 25.2 Å². The van der Waals surface area contributed by atoms with Gasteiger partial charge in [-0.2, -0.15) is 0 Å². The van der Waals surface area contributed by atoms with Crippen molar-refractivity contribution in [3.05, 3.63) is 0 Å². The van der Waals surface area contributed by atoms with Gasteiger partial charge in [0.15, 0.2) is 0 Å². The van der Waals surface area contributed by atoms with E-state index in [0.29, 0.717) is 6.04 Å². The lowest BCUT2D eigenvalue weighted by Crippen LogP contribution is -2.47. The van der Waals surface area contributed by atoms with Crippen LogP contribution in [0.4, 0.5) is 0 Å². The highest BCUT2D eigenvalue weighted by Gasteiger charge is 2.31. The van der Waals surface area contributed by atoms with E-state index in [-0.39, 0.29) is 0 Å². The number of likely N-dealkylation sites (tertiary alicyclic amines) is 1. The van der Waals surface area contributed by atoms with E-state index in [4.69, 9.17) is 5.73 Å². The van der Waals surface area contributed by atoms with Gasteiger partial charge in [-0.05, 0) is 45.8 Å². The Balaban J connectivity index is 1.87. The monoisotopic (exact) mass is 267 g/mol. The molecule has 2 aliphatic rings. The molecule has 1 heterocycles. The molecule has 0 spiro atoms. The lowest BCUT2D eigenvalue weighted by Gasteiger charge is -2.36. The van der Waals surface area contributed by atoms with Gasteiger partial charge >= 0.3 is 0 Å². The van der Waals surface area contributed by atoms with E-state index in [1.807, 2.05) is 0 Å². The zero-order valence-electron chi connectivity index (χ0n) is 13.0. The fourth-order valence-electron chi connectivity index (χ4n) is 4.13. The molecule has 1 aliphatic carbocycles. The molecule has 112 valence electrons. The van der Waals surface area contributed by atoms with Gasteiger partial charge in [0.25, 0.3) is 0 Å². The van der Waals surface area contributed by atoms with Crippen LogP contribution in [0.1, 0.15) is 51.4 Å². The van der Waals surface area contributed by atoms with Crippen molar-refractivity contribution in [2.75, 3.05) is 33.7 Å². The first-order valence-electron chi connectivity index (χ1n) is 8.31. The van der Waals surface area contributed by atoms with Crippen molar-refractivity contribution in [3.8, 4) is 0 Å². The largest absolute Gasteiger partial charge is 0.329 e. The molecule has 0 aromatic heterocycles. The van der Waals surface area contributed by atoms with Crippen LogP contribution in [0.15, 0.2) is 0 Å². The molecule has 19 heavy (non-hydrogen) atoms. The summed E-state index contributed by atoms with van der Waals surface area (Å²) in [4.78, 5) is 5.06. The molecule has 1 aliphatic heterocycles. The SMILES string of the molecule is CN(C)CC1CCCN1C(CN)CC1CCCCC1. The van der Waals surface area contributed by atoms with Gasteiger partial charge < -0.3 is 10.6 Å². The summed E-state index contributed by atoms with van der Waals surface area (Å²) in [6.45, 7) is 3.31. The average molecular weight is 267 g/mol. The summed E-state index contributed by atoms with van der Waals surface area (Å²) < 4.78 is 0. The standard InChI is InChI=1S/C16H33N3/c1-18(2)13-15-9-6-10-19(15)16(12-17)11-14-7-4-3-5-8-14/h14-16H,3-13,17H2,1-2H3. The van der Waals surface area contributed by atoms with Gasteiger partial charge in [0.1, 0.15) is 0 Å². The van der Waals surface area contributed by atoms with E-state index in [1.54, 1.807) is 0 Å². The number of nitrogens with zero attached hydrogens (tertiary/aromatic N) is 2. The molecule has 2 N–H and O–H groups in total. The predicted molar refractivity (Wildman–Crippen MR) is 82.3 cm³/mol. The van der Waals surface area contributed by atoms with Gasteiger partial charge in [-0.15, -0.1) is 0 Å². The van der Waals surface area contributed by atoms with E-state index in [9.17, 15) is 0 Å². The third kappa shape index (κ3) is 4.44. The fraction of sp³-hybridized carbons (Fsp3) is 1.00. The van der Waals surface area contributed by atoms with Crippen LogP contribution in [0, 0.1) is 5.92 Å². The van der Waals surface area contributed by atoms with Gasteiger partial charge in [0.2, 0.25) is 0 Å². The van der Waals surface area contributed by atoms with Crippen LogP contribution >= 0.6 is 0 Å². The van der Waals surface area contributed by atoms with Crippen LogP contribution in [0.5, 0.6) is 0 Å². The van der Waals surface area contributed by atoms with E-state index in [0.717, 1.165) is 18.5 Å². The van der Waals surface area contributed by atoms with Gasteiger partial charge in [-0.3, -0.25) is 4.90 Å². The molecule has 0 aromatic rings. The first-order valence-corrected chi connectivity index (χ1v) is 8.31. The number of hydrogen-bond acceptors (Lipinski definition) is 3. The summed E-state index contributed by atoms with van der Waals surface area (Å²) >= 11 is 0. The Kier molecular flexibility index (Phi) is 6.11. The minimum absolute atomic E-state index is 0.635. The first-order chi connectivity index (χ1) is 9.20. The maximum atomic E-state index is 6.11. The highest BCUT2D eigenvalue weighted by Crippen LogP contribution is 2.30. The second-order valence-electron chi connectivity index (χ2n) is 6.93. The Bertz CT molecular complexity index is 248. The van der Waals surface area contributed by atoms with Gasteiger partial charge in [-0.25, -0.2) is 0 Å². The predicted octanol–water partition coefficient (Wildman–Crippen LogP) is 2.31. The Labute approximate surface area is 119 Å². The summed E-state index contributed by atoms with van der Waals surface area (Å²) in [7, 11) is 4.38. The second-order valence-corrected chi connectivity index (χ2v) is 6.93. The smallest absolute Gasteiger partial charge is 0.0226 e. The molecule has 2 unspecified atom stereocenters. The van der Waals surface area contributed by atoms with Crippen LogP contribution in [0.25, 0.3) is 0 Å². The van der Waals surface area contributed by atoms with Gasteiger partial charge in [-0.1, -0.05) is 32.1 Å². The van der Waals surface area contributed by atoms with E-state index < -0.39 is 0 Å². The van der Waals surface area contributed by atoms with Crippen molar-refractivity contribution in [2.45, 2.75) is 63.5 Å². The summed E-state index contributed by atoms with van der Waals surface area (Å²) in [5.74, 6) is 0.947. The fourth-order valence-corrected chi connectivity index (χ4v) is 4.13. The highest BCUT2D eigenvalue weighted by molar-refractivity contribution is 4.88. The molecule has 3 heteroatoms. The quantitative estimate of drug-likeness (QED) is 0.801. The van der Waals surface area contributed by atoms with Crippen LogP contribution in [-0.4, -0.2) is 55.6 Å². The highest BCUT2D eigenvalue weighted by atomic mass is 15.2. The van der Waals surface area contributed by atoms with E-state index in [2.05, 4.69) is 23.9 Å². The van der Waals surface area contributed by atoms with Crippen LogP contribution < -0.4 is 5.73 Å². The zero-order chi connectivity index (χ0) is 13.7. The number of nitrogens with two attached hydrogens (primary N) is 1. The lowest BCUT2D eigenvalue weighted by atomic mass is 9.84. The molecule has 0 amide bonds. The normalized spacial score (nSPS) is 28.1. The Morgan fingerprint density at radius 1 is 1.11 bits per heavy atom. The third-order valence-corrected chi connectivity index (χ3v) is 5.07. The number of hydrogen-bond donors (Lipinski definition) is 1. The Morgan fingerprint density at radius 2 is 1.84 bits per heavy atom. The van der Waals surface area contributed by atoms with Crippen molar-refractivity contribution in [3.63, 3.8) is 0 Å². The van der Waals surface area contributed by atoms with Crippen LogP contribution in [0.3, 0.4) is 0 Å². The summed E-state index contributed by atoms with van der Waals surface area (Å²) in [5, 5.41) is 0. The Morgan fingerprint density at radius 3 is 2.47 bits per heavy atom. The number of likely N-dealkylation sites (N-methyl/N-ethyl adjacent to an activating group) is 1. The molecule has 2 fully saturated rings. The molecule has 3 nitrogen and oxygen atoms in total. The van der Waals surface area contributed by atoms with Gasteiger partial charge in [0.05, 0.1) is 0 Å². The van der Waals surface area contributed by atoms with Crippen molar-refractivity contribution >= 4 is 0 Å². The Hall–Kier alpha value is -0.120.